The summed E-state index contributed by atoms with van der Waals surface area (Å²) in [5, 5.41) is 23.9. The zero-order chi connectivity index (χ0) is 24.4. The summed E-state index contributed by atoms with van der Waals surface area (Å²) in [6.45, 7) is 1.87. The first-order valence-electron chi connectivity index (χ1n) is 10.8. The van der Waals surface area contributed by atoms with Crippen molar-refractivity contribution in [2.75, 3.05) is 24.7 Å². The number of aromatic nitrogens is 5. The van der Waals surface area contributed by atoms with E-state index in [1.165, 1.54) is 11.9 Å². The molecule has 0 saturated heterocycles. The van der Waals surface area contributed by atoms with Gasteiger partial charge in [-0.1, -0.05) is 12.1 Å². The molecule has 0 bridgehead atoms. The van der Waals surface area contributed by atoms with E-state index in [2.05, 4.69) is 20.0 Å². The van der Waals surface area contributed by atoms with E-state index in [-0.39, 0.29) is 0 Å². The smallest absolute Gasteiger partial charge is 0.239 e. The second-order valence-corrected chi connectivity index (χ2v) is 8.48. The largest absolute Gasteiger partial charge is 0.494 e. The lowest BCUT2D eigenvalue weighted by molar-refractivity contribution is 0.196. The van der Waals surface area contributed by atoms with Gasteiger partial charge in [-0.25, -0.2) is 4.52 Å². The Bertz CT molecular complexity index is 1440. The van der Waals surface area contributed by atoms with Crippen molar-refractivity contribution in [2.45, 2.75) is 13.0 Å². The minimum Gasteiger partial charge on any atom is -0.494 e. The zero-order valence-corrected chi connectivity index (χ0v) is 20.2. The Kier molecular flexibility index (Phi) is 6.34. The highest BCUT2D eigenvalue weighted by molar-refractivity contribution is 8.00. The summed E-state index contributed by atoms with van der Waals surface area (Å²) in [4.78, 5) is 0. The number of nitrogens with one attached hydrogen (secondary N) is 1. The normalized spacial score (nSPS) is 12.1. The first-order chi connectivity index (χ1) is 17.1. The van der Waals surface area contributed by atoms with Gasteiger partial charge < -0.3 is 19.0 Å². The van der Waals surface area contributed by atoms with Crippen LogP contribution in [-0.4, -0.2) is 49.5 Å². The molecule has 0 fully saturated rings. The molecule has 180 valence electrons. The van der Waals surface area contributed by atoms with Crippen LogP contribution in [0.2, 0.25) is 0 Å². The van der Waals surface area contributed by atoms with Crippen molar-refractivity contribution in [1.29, 1.82) is 0 Å². The van der Waals surface area contributed by atoms with E-state index in [9.17, 15) is 5.11 Å². The molecule has 0 spiro atoms. The molecule has 4 aromatic heterocycles. The van der Waals surface area contributed by atoms with Gasteiger partial charge in [0.25, 0.3) is 0 Å². The number of pyridine rings is 1. The van der Waals surface area contributed by atoms with Crippen molar-refractivity contribution in [2.24, 2.45) is 0 Å². The lowest BCUT2D eigenvalue weighted by Crippen LogP contribution is -2.10. The third-order valence-electron chi connectivity index (χ3n) is 5.45. The van der Waals surface area contributed by atoms with Crippen LogP contribution in [0, 0.1) is 6.92 Å². The third kappa shape index (κ3) is 4.31. The highest BCUT2D eigenvalue weighted by Crippen LogP contribution is 2.38. The summed E-state index contributed by atoms with van der Waals surface area (Å²) in [5.41, 5.74) is 2.24. The van der Waals surface area contributed by atoms with E-state index >= 15 is 0 Å². The predicted molar refractivity (Wildman–Crippen MR) is 133 cm³/mol. The average molecular weight is 493 g/mol. The second-order valence-electron chi connectivity index (χ2n) is 7.65. The van der Waals surface area contributed by atoms with Gasteiger partial charge in [0.2, 0.25) is 11.8 Å². The Morgan fingerprint density at radius 3 is 2.51 bits per heavy atom. The lowest BCUT2D eigenvalue weighted by Gasteiger charge is -2.17. The maximum absolute atomic E-state index is 10.8. The number of aliphatic hydroxyl groups excluding tert-OH is 1. The molecular formula is C24H24N6O4S. The van der Waals surface area contributed by atoms with E-state index in [1.54, 1.807) is 29.5 Å². The van der Waals surface area contributed by atoms with Crippen molar-refractivity contribution in [1.82, 2.24) is 24.4 Å². The number of aryl methyl sites for hydroxylation is 1. The first kappa shape index (κ1) is 22.8. The minimum absolute atomic E-state index is 0.337. The quantitative estimate of drug-likeness (QED) is 0.291. The van der Waals surface area contributed by atoms with Gasteiger partial charge in [-0.3, -0.25) is 9.29 Å². The Morgan fingerprint density at radius 1 is 1.03 bits per heavy atom. The third-order valence-corrected chi connectivity index (χ3v) is 6.26. The molecule has 4 heterocycles. The summed E-state index contributed by atoms with van der Waals surface area (Å²) < 4.78 is 23.8. The first-order valence-corrected chi connectivity index (χ1v) is 11.8. The molecule has 0 aliphatic rings. The molecule has 10 nitrogen and oxygen atoms in total. The number of methoxy groups -OCH3 is 2. The van der Waals surface area contributed by atoms with Crippen LogP contribution in [0.1, 0.15) is 17.6 Å². The number of rotatable bonds is 9. The monoisotopic (exact) mass is 492 g/mol. The van der Waals surface area contributed by atoms with Crippen LogP contribution in [0.25, 0.3) is 22.8 Å². The Labute approximate surface area is 205 Å². The molecule has 0 saturated carbocycles. The van der Waals surface area contributed by atoms with Crippen molar-refractivity contribution < 1.29 is 19.0 Å². The van der Waals surface area contributed by atoms with Gasteiger partial charge in [0, 0.05) is 11.9 Å². The molecule has 35 heavy (non-hydrogen) atoms. The molecule has 0 aliphatic carbocycles. The molecule has 0 aliphatic heterocycles. The van der Waals surface area contributed by atoms with Crippen molar-refractivity contribution in [3.63, 3.8) is 0 Å². The summed E-state index contributed by atoms with van der Waals surface area (Å²) in [6.07, 6.45) is 0.943. The van der Waals surface area contributed by atoms with Gasteiger partial charge in [0.15, 0.2) is 5.76 Å². The summed E-state index contributed by atoms with van der Waals surface area (Å²) >= 11 is 1.29. The van der Waals surface area contributed by atoms with Crippen LogP contribution in [-0.2, 0) is 0 Å². The molecule has 5 aromatic rings. The van der Waals surface area contributed by atoms with Crippen LogP contribution >= 0.6 is 11.9 Å². The van der Waals surface area contributed by atoms with Gasteiger partial charge >= 0.3 is 0 Å². The van der Waals surface area contributed by atoms with Gasteiger partial charge in [-0.05, 0) is 61.3 Å². The van der Waals surface area contributed by atoms with Crippen LogP contribution in [0.3, 0.4) is 0 Å². The molecule has 0 radical (unpaired) electrons. The number of ether oxygens (including phenoxy) is 2. The number of para-hydroxylation sites is 1. The molecule has 0 amide bonds. The fourth-order valence-corrected chi connectivity index (χ4v) is 4.50. The lowest BCUT2D eigenvalue weighted by atomic mass is 10.2. The minimum atomic E-state index is -0.763. The number of fused-ring (bicyclic) bond motifs is 1. The van der Waals surface area contributed by atoms with Crippen LogP contribution in [0.5, 0.6) is 11.5 Å². The van der Waals surface area contributed by atoms with Crippen LogP contribution in [0.15, 0.2) is 65.2 Å². The number of hydrogen-bond donors (Lipinski definition) is 2. The van der Waals surface area contributed by atoms with Crippen LogP contribution < -0.4 is 14.2 Å². The number of anilines is 1. The zero-order valence-electron chi connectivity index (χ0n) is 19.4. The molecule has 2 N–H and O–H groups in total. The van der Waals surface area contributed by atoms with Crippen molar-refractivity contribution >= 4 is 23.4 Å². The summed E-state index contributed by atoms with van der Waals surface area (Å²) in [7, 11) is 3.18. The molecular weight excluding hydrogens is 468 g/mol. The summed E-state index contributed by atoms with van der Waals surface area (Å²) in [5.74, 6) is 3.69. The fraction of sp³-hybridized carbons (Fsp3) is 0.208. The van der Waals surface area contributed by atoms with E-state index in [0.29, 0.717) is 46.2 Å². The Balaban J connectivity index is 1.47. The molecule has 1 unspecified atom stereocenters. The van der Waals surface area contributed by atoms with Gasteiger partial charge in [-0.2, -0.15) is 5.10 Å². The number of benzene rings is 1. The number of aliphatic hydroxyl groups is 1. The van der Waals surface area contributed by atoms with E-state index in [0.717, 1.165) is 11.3 Å². The van der Waals surface area contributed by atoms with Gasteiger partial charge in [0.05, 0.1) is 25.4 Å². The van der Waals surface area contributed by atoms with E-state index in [4.69, 9.17) is 13.9 Å². The van der Waals surface area contributed by atoms with Gasteiger partial charge in [-0.15, -0.1) is 10.2 Å². The average Bonchev–Trinajstić information content (AvgIpc) is 3.62. The SMILES string of the molecule is COc1cccc(OC)c1-n1c(NSCC(O)c2cccc3ccnn23)nnc1-c1ccc(C)o1. The molecule has 5 rings (SSSR count). The van der Waals surface area contributed by atoms with Crippen molar-refractivity contribution in [3.05, 3.63) is 72.2 Å². The molecule has 1 aromatic carbocycles. The highest BCUT2D eigenvalue weighted by Gasteiger charge is 2.24. The standard InChI is InChI=1S/C24H24N6O4S/c1-15-10-11-21(34-15)23-26-27-24(29(23)22-19(32-2)8-5-9-20(22)33-3)28-35-14-18(31)17-7-4-6-16-12-13-25-30(16)17/h4-13,18,31H,14H2,1-3H3,(H,27,28). The predicted octanol–water partition coefficient (Wildman–Crippen LogP) is 4.29. The maximum Gasteiger partial charge on any atom is 0.239 e. The number of nitrogens with zero attached hydrogens (tertiary/aromatic N) is 5. The fourth-order valence-electron chi connectivity index (χ4n) is 3.82. The number of hydrogen-bond acceptors (Lipinski definition) is 9. The molecule has 1 atom stereocenters. The van der Waals surface area contributed by atoms with E-state index < -0.39 is 6.10 Å². The second kappa shape index (κ2) is 9.72. The summed E-state index contributed by atoms with van der Waals surface area (Å²) in [6, 6.07) is 16.8. The van der Waals surface area contributed by atoms with Crippen molar-refractivity contribution in [3.8, 4) is 28.8 Å². The maximum atomic E-state index is 10.8. The van der Waals surface area contributed by atoms with Crippen LogP contribution in [0.4, 0.5) is 5.95 Å². The Morgan fingerprint density at radius 2 is 1.80 bits per heavy atom. The topological polar surface area (TPSA) is 112 Å². The highest BCUT2D eigenvalue weighted by atomic mass is 32.2. The Hall–Kier alpha value is -3.96. The number of furan rings is 1. The molecule has 11 heteroatoms. The van der Waals surface area contributed by atoms with E-state index in [1.807, 2.05) is 61.5 Å². The van der Waals surface area contributed by atoms with Gasteiger partial charge in [0.1, 0.15) is 29.1 Å².